The summed E-state index contributed by atoms with van der Waals surface area (Å²) in [6.07, 6.45) is -1.54. The SMILES string of the molecule is CC(c1ccc2c(c1)OCC2)N1CCN(/C(N)=C/C=C(\N)C(F)(F)F)CC1. The van der Waals surface area contributed by atoms with E-state index in [1.807, 2.05) is 4.90 Å². The van der Waals surface area contributed by atoms with Crippen molar-refractivity contribution in [3.05, 3.63) is 53.0 Å². The maximum absolute atomic E-state index is 12.4. The van der Waals surface area contributed by atoms with Gasteiger partial charge in [-0.3, -0.25) is 4.90 Å². The molecule has 2 aliphatic heterocycles. The largest absolute Gasteiger partial charge is 0.493 e. The number of halogens is 3. The molecule has 3 rings (SSSR count). The van der Waals surface area contributed by atoms with Crippen molar-refractivity contribution in [2.75, 3.05) is 32.8 Å². The number of nitrogens with zero attached hydrogens (tertiary/aromatic N) is 2. The second kappa shape index (κ2) is 7.72. The first-order valence-corrected chi connectivity index (χ1v) is 9.00. The Morgan fingerprint density at radius 2 is 1.85 bits per heavy atom. The highest BCUT2D eigenvalue weighted by atomic mass is 19.4. The van der Waals surface area contributed by atoms with Crippen LogP contribution in [0.5, 0.6) is 5.75 Å². The Kier molecular flexibility index (Phi) is 5.55. The van der Waals surface area contributed by atoms with Crippen molar-refractivity contribution in [3.8, 4) is 5.75 Å². The molecule has 0 saturated carbocycles. The molecule has 0 spiro atoms. The van der Waals surface area contributed by atoms with Crippen LogP contribution in [0.2, 0.25) is 0 Å². The first kappa shape index (κ1) is 19.4. The van der Waals surface area contributed by atoms with Crippen molar-refractivity contribution in [2.45, 2.75) is 25.6 Å². The Balaban J connectivity index is 1.58. The van der Waals surface area contributed by atoms with Gasteiger partial charge in [-0.25, -0.2) is 0 Å². The van der Waals surface area contributed by atoms with Gasteiger partial charge in [-0.2, -0.15) is 13.2 Å². The minimum atomic E-state index is -4.54. The lowest BCUT2D eigenvalue weighted by atomic mass is 10.0. The summed E-state index contributed by atoms with van der Waals surface area (Å²) in [4.78, 5) is 4.20. The van der Waals surface area contributed by atoms with E-state index in [9.17, 15) is 13.2 Å². The Hall–Kier alpha value is -2.35. The van der Waals surface area contributed by atoms with Crippen LogP contribution < -0.4 is 16.2 Å². The summed E-state index contributed by atoms with van der Waals surface area (Å²) in [7, 11) is 0. The fourth-order valence-electron chi connectivity index (χ4n) is 3.40. The quantitative estimate of drug-likeness (QED) is 0.784. The highest BCUT2D eigenvalue weighted by Gasteiger charge is 2.31. The average molecular weight is 382 g/mol. The summed E-state index contributed by atoms with van der Waals surface area (Å²) in [6.45, 7) is 5.73. The number of piperazine rings is 1. The van der Waals surface area contributed by atoms with Crippen LogP contribution in [0.1, 0.15) is 24.1 Å². The van der Waals surface area contributed by atoms with E-state index < -0.39 is 11.9 Å². The highest BCUT2D eigenvalue weighted by Crippen LogP contribution is 2.31. The number of alkyl halides is 3. The number of rotatable bonds is 4. The monoisotopic (exact) mass is 382 g/mol. The van der Waals surface area contributed by atoms with Gasteiger partial charge < -0.3 is 21.1 Å². The molecule has 0 amide bonds. The molecule has 0 radical (unpaired) electrons. The van der Waals surface area contributed by atoms with Gasteiger partial charge >= 0.3 is 6.18 Å². The summed E-state index contributed by atoms with van der Waals surface area (Å²) >= 11 is 0. The minimum Gasteiger partial charge on any atom is -0.493 e. The van der Waals surface area contributed by atoms with Crippen LogP contribution in [0.3, 0.4) is 0 Å². The molecule has 2 aliphatic rings. The normalized spacial score (nSPS) is 20.4. The molecule has 1 aromatic carbocycles. The Labute approximate surface area is 157 Å². The van der Waals surface area contributed by atoms with Gasteiger partial charge in [0.25, 0.3) is 0 Å². The average Bonchev–Trinajstić information content (AvgIpc) is 3.12. The molecule has 1 atom stereocenters. The Bertz CT molecular complexity index is 737. The number of hydrogen-bond donors (Lipinski definition) is 2. The van der Waals surface area contributed by atoms with Gasteiger partial charge in [-0.1, -0.05) is 12.1 Å². The molecule has 27 heavy (non-hydrogen) atoms. The predicted octanol–water partition coefficient (Wildman–Crippen LogP) is 2.51. The zero-order valence-electron chi connectivity index (χ0n) is 15.3. The lowest BCUT2D eigenvalue weighted by Crippen LogP contribution is -2.47. The van der Waals surface area contributed by atoms with Crippen LogP contribution in [-0.4, -0.2) is 48.8 Å². The van der Waals surface area contributed by atoms with Crippen LogP contribution in [0, 0.1) is 0 Å². The van der Waals surface area contributed by atoms with Crippen molar-refractivity contribution in [1.29, 1.82) is 0 Å². The van der Waals surface area contributed by atoms with Crippen LogP contribution in [0.25, 0.3) is 0 Å². The van der Waals surface area contributed by atoms with Crippen LogP contribution in [0.15, 0.2) is 41.9 Å². The van der Waals surface area contributed by atoms with E-state index in [1.54, 1.807) is 0 Å². The molecule has 2 heterocycles. The van der Waals surface area contributed by atoms with Crippen molar-refractivity contribution < 1.29 is 17.9 Å². The fourth-order valence-corrected chi connectivity index (χ4v) is 3.40. The Morgan fingerprint density at radius 1 is 1.15 bits per heavy atom. The van der Waals surface area contributed by atoms with Crippen molar-refractivity contribution >= 4 is 0 Å². The summed E-state index contributed by atoms with van der Waals surface area (Å²) in [5, 5.41) is 0. The van der Waals surface area contributed by atoms with Gasteiger partial charge in [0.05, 0.1) is 12.4 Å². The van der Waals surface area contributed by atoms with Crippen LogP contribution in [-0.2, 0) is 6.42 Å². The zero-order chi connectivity index (χ0) is 19.6. The summed E-state index contributed by atoms with van der Waals surface area (Å²) in [5.74, 6) is 1.26. The van der Waals surface area contributed by atoms with Crippen LogP contribution in [0.4, 0.5) is 13.2 Å². The number of nitrogens with two attached hydrogens (primary N) is 2. The molecule has 1 fully saturated rings. The number of benzene rings is 1. The van der Waals surface area contributed by atoms with Gasteiger partial charge in [0.2, 0.25) is 0 Å². The van der Waals surface area contributed by atoms with Crippen molar-refractivity contribution in [3.63, 3.8) is 0 Å². The lowest BCUT2D eigenvalue weighted by molar-refractivity contribution is -0.0926. The van der Waals surface area contributed by atoms with E-state index in [0.29, 0.717) is 18.9 Å². The van der Waals surface area contributed by atoms with E-state index in [2.05, 4.69) is 30.0 Å². The van der Waals surface area contributed by atoms with Crippen molar-refractivity contribution in [2.24, 2.45) is 11.5 Å². The molecule has 0 aliphatic carbocycles. The first-order chi connectivity index (χ1) is 12.8. The second-order valence-electron chi connectivity index (χ2n) is 6.88. The van der Waals surface area contributed by atoms with Gasteiger partial charge in [0, 0.05) is 38.6 Å². The molecule has 0 bridgehead atoms. The maximum Gasteiger partial charge on any atom is 0.430 e. The molecule has 5 nitrogen and oxygen atoms in total. The predicted molar refractivity (Wildman–Crippen MR) is 97.8 cm³/mol. The van der Waals surface area contributed by atoms with Gasteiger partial charge in [-0.15, -0.1) is 0 Å². The lowest BCUT2D eigenvalue weighted by Gasteiger charge is -2.39. The van der Waals surface area contributed by atoms with Gasteiger partial charge in [0.15, 0.2) is 0 Å². The highest BCUT2D eigenvalue weighted by molar-refractivity contribution is 5.41. The third-order valence-corrected chi connectivity index (χ3v) is 5.19. The summed E-state index contributed by atoms with van der Waals surface area (Å²) < 4.78 is 42.9. The smallest absolute Gasteiger partial charge is 0.430 e. The standard InChI is InChI=1S/C19H25F3N4O/c1-13(15-3-2-14-6-11-27-16(14)12-15)25-7-9-26(10-8-25)18(24)5-4-17(23)19(20,21)22/h2-5,12-13H,6-11,23-24H2,1H3/b17-4-,18-5+. The molecule has 0 aromatic heterocycles. The van der Waals surface area contributed by atoms with Gasteiger partial charge in [0.1, 0.15) is 11.4 Å². The molecule has 1 unspecified atom stereocenters. The van der Waals surface area contributed by atoms with Gasteiger partial charge in [-0.05, 0) is 36.3 Å². The minimum absolute atomic E-state index is 0.229. The Morgan fingerprint density at radius 3 is 2.52 bits per heavy atom. The molecular formula is C19H25F3N4O. The topological polar surface area (TPSA) is 67.8 Å². The fraction of sp³-hybridized carbons (Fsp3) is 0.474. The summed E-state index contributed by atoms with van der Waals surface area (Å²) in [5.41, 5.74) is 12.2. The van der Waals surface area contributed by atoms with E-state index in [0.717, 1.165) is 37.9 Å². The summed E-state index contributed by atoms with van der Waals surface area (Å²) in [6, 6.07) is 6.61. The molecule has 8 heteroatoms. The van der Waals surface area contributed by atoms with E-state index in [4.69, 9.17) is 16.2 Å². The number of allylic oxidation sites excluding steroid dienone is 3. The molecule has 148 valence electrons. The maximum atomic E-state index is 12.4. The van der Waals surface area contributed by atoms with E-state index in [-0.39, 0.29) is 6.04 Å². The third kappa shape index (κ3) is 4.50. The second-order valence-corrected chi connectivity index (χ2v) is 6.88. The van der Waals surface area contributed by atoms with E-state index in [1.165, 1.54) is 17.2 Å². The van der Waals surface area contributed by atoms with Crippen molar-refractivity contribution in [1.82, 2.24) is 9.80 Å². The molecular weight excluding hydrogens is 357 g/mol. The van der Waals surface area contributed by atoms with E-state index >= 15 is 0 Å². The third-order valence-electron chi connectivity index (χ3n) is 5.19. The first-order valence-electron chi connectivity index (χ1n) is 9.00. The van der Waals surface area contributed by atoms with Crippen LogP contribution >= 0.6 is 0 Å². The molecule has 1 aromatic rings. The number of hydrogen-bond acceptors (Lipinski definition) is 5. The molecule has 1 saturated heterocycles. The number of ether oxygens (including phenoxy) is 1. The number of fused-ring (bicyclic) bond motifs is 1. The molecule has 4 N–H and O–H groups in total. The zero-order valence-corrected chi connectivity index (χ0v) is 15.3.